The second kappa shape index (κ2) is 18.4. The van der Waals surface area contributed by atoms with Crippen LogP contribution >= 0.6 is 21.6 Å². The summed E-state index contributed by atoms with van der Waals surface area (Å²) >= 11 is 0. The van der Waals surface area contributed by atoms with Crippen molar-refractivity contribution in [1.29, 1.82) is 0 Å². The molecule has 17 heteroatoms. The second-order valence-corrected chi connectivity index (χ2v) is 19.9. The van der Waals surface area contributed by atoms with E-state index in [1.807, 2.05) is 21.6 Å². The molecular formula is C41H61NO14S2. The lowest BCUT2D eigenvalue weighted by molar-refractivity contribution is -0.136. The van der Waals surface area contributed by atoms with Crippen molar-refractivity contribution in [3.63, 3.8) is 0 Å². The van der Waals surface area contributed by atoms with Crippen molar-refractivity contribution in [2.75, 3.05) is 91.6 Å². The number of hydrogen-bond donors (Lipinski definition) is 1. The van der Waals surface area contributed by atoms with Crippen LogP contribution in [0.15, 0.2) is 11.1 Å². The molecule has 0 bridgehead atoms. The van der Waals surface area contributed by atoms with E-state index in [0.29, 0.717) is 91.9 Å². The van der Waals surface area contributed by atoms with Gasteiger partial charge in [0.25, 0.3) is 0 Å². The highest BCUT2D eigenvalue weighted by Crippen LogP contribution is 2.83. The monoisotopic (exact) mass is 855 g/mol. The van der Waals surface area contributed by atoms with E-state index in [4.69, 9.17) is 52.1 Å². The number of nitrogens with one attached hydrogen (secondary N) is 1. The molecule has 0 aromatic carbocycles. The number of rotatable bonds is 25. The summed E-state index contributed by atoms with van der Waals surface area (Å²) in [5.74, 6) is 1.30. The highest BCUT2D eigenvalue weighted by Gasteiger charge is 3.01. The molecule has 2 saturated carbocycles. The molecule has 1 amide bonds. The van der Waals surface area contributed by atoms with Crippen molar-refractivity contribution in [2.45, 2.75) is 119 Å². The number of cyclic esters (lactones) is 1. The minimum absolute atomic E-state index is 0.0286. The van der Waals surface area contributed by atoms with E-state index in [1.54, 1.807) is 0 Å². The Morgan fingerprint density at radius 3 is 2.24 bits per heavy atom. The SMILES string of the molecule is CC(C)C12OC1C1OC13C1(C)CCC4=C(COC4=O)C1CC1OC13C2OC(=O)OCCOCCOCCOCCOCCOCCNC(=O)CCCCC1CCSS1. The molecule has 5 aliphatic heterocycles. The number of ether oxygens (including phenoxy) is 11. The van der Waals surface area contributed by atoms with Crippen LogP contribution in [0, 0.1) is 17.3 Å². The van der Waals surface area contributed by atoms with Gasteiger partial charge in [0, 0.05) is 35.0 Å². The van der Waals surface area contributed by atoms with E-state index >= 15 is 0 Å². The van der Waals surface area contributed by atoms with Crippen molar-refractivity contribution < 1.29 is 66.5 Å². The zero-order valence-electron chi connectivity index (χ0n) is 34.1. The molecule has 0 aromatic rings. The standard InChI is InChI=1S/C41H61NO14S2/c1-26(2)39-33(55-39)34-41(56-34)38(3)10-8-28-29(25-52-35(28)44)30(38)24-31-40(41,54-31)36(39)53-37(45)51-22-21-50-20-19-49-18-17-48-16-15-47-14-13-46-12-11-42-32(43)7-5-4-6-27-9-23-57-58-27/h26-27,30-31,33-34,36H,4-25H2,1-3H3,(H,42,43). The highest BCUT2D eigenvalue weighted by atomic mass is 33.1. The molecule has 0 aromatic heterocycles. The Morgan fingerprint density at radius 2 is 1.57 bits per heavy atom. The summed E-state index contributed by atoms with van der Waals surface area (Å²) in [6, 6.07) is 0. The summed E-state index contributed by atoms with van der Waals surface area (Å²) in [7, 11) is 3.96. The Morgan fingerprint density at radius 1 is 0.879 bits per heavy atom. The van der Waals surface area contributed by atoms with Crippen molar-refractivity contribution >= 4 is 39.6 Å². The van der Waals surface area contributed by atoms with Gasteiger partial charge < -0.3 is 57.4 Å². The molecule has 326 valence electrons. The Kier molecular flexibility index (Phi) is 13.6. The van der Waals surface area contributed by atoms with E-state index in [-0.39, 0.29) is 60.7 Å². The third kappa shape index (κ3) is 8.08. The normalized spacial score (nSPS) is 37.2. The summed E-state index contributed by atoms with van der Waals surface area (Å²) in [6.45, 7) is 11.3. The number of esters is 1. The topological polar surface area (TPSA) is 175 Å². The number of fused-ring (bicyclic) bond motifs is 4. The molecule has 4 saturated heterocycles. The van der Waals surface area contributed by atoms with Gasteiger partial charge in [0.05, 0.1) is 72.2 Å². The van der Waals surface area contributed by atoms with Crippen molar-refractivity contribution in [1.82, 2.24) is 5.32 Å². The Labute approximate surface area is 349 Å². The molecule has 0 radical (unpaired) electrons. The first kappa shape index (κ1) is 43.0. The largest absolute Gasteiger partial charge is 0.508 e. The Bertz CT molecular complexity index is 1530. The van der Waals surface area contributed by atoms with Crippen LogP contribution in [0.1, 0.15) is 72.1 Å². The van der Waals surface area contributed by atoms with Crippen LogP contribution < -0.4 is 5.32 Å². The van der Waals surface area contributed by atoms with Crippen LogP contribution in [-0.4, -0.2) is 156 Å². The Hall–Kier alpha value is -1.67. The van der Waals surface area contributed by atoms with Crippen LogP contribution in [0.4, 0.5) is 4.79 Å². The third-order valence-electron chi connectivity index (χ3n) is 13.7. The van der Waals surface area contributed by atoms with Crippen molar-refractivity contribution in [3.05, 3.63) is 11.1 Å². The molecule has 8 aliphatic rings. The van der Waals surface area contributed by atoms with E-state index in [2.05, 4.69) is 26.1 Å². The summed E-state index contributed by atoms with van der Waals surface area (Å²) in [6.07, 6.45) is 5.26. The fourth-order valence-electron chi connectivity index (χ4n) is 10.7. The van der Waals surface area contributed by atoms with Gasteiger partial charge in [-0.3, -0.25) is 4.79 Å². The van der Waals surface area contributed by atoms with Gasteiger partial charge in [-0.25, -0.2) is 9.59 Å². The molecule has 6 fully saturated rings. The summed E-state index contributed by atoms with van der Waals surface area (Å²) < 4.78 is 64.8. The van der Waals surface area contributed by atoms with Gasteiger partial charge in [0.1, 0.15) is 36.6 Å². The first-order chi connectivity index (χ1) is 28.2. The summed E-state index contributed by atoms with van der Waals surface area (Å²) in [5.41, 5.74) is -0.621. The number of epoxide rings is 3. The molecule has 58 heavy (non-hydrogen) atoms. The molecule has 10 atom stereocenters. The van der Waals surface area contributed by atoms with Crippen LogP contribution in [0.3, 0.4) is 0 Å². The molecule has 1 N–H and O–H groups in total. The average molecular weight is 856 g/mol. The number of hydrogen-bond acceptors (Lipinski definition) is 16. The predicted molar refractivity (Wildman–Crippen MR) is 211 cm³/mol. The van der Waals surface area contributed by atoms with Crippen LogP contribution in [0.25, 0.3) is 0 Å². The zero-order valence-corrected chi connectivity index (χ0v) is 35.8. The first-order valence-corrected chi connectivity index (χ1v) is 23.8. The van der Waals surface area contributed by atoms with Gasteiger partial charge in [0.15, 0.2) is 11.7 Å². The van der Waals surface area contributed by atoms with E-state index in [0.717, 1.165) is 35.7 Å². The molecule has 10 unspecified atom stereocenters. The minimum Gasteiger partial charge on any atom is -0.458 e. The van der Waals surface area contributed by atoms with Gasteiger partial charge in [-0.2, -0.15) is 0 Å². The number of carbonyl (C=O) groups is 3. The smallest absolute Gasteiger partial charge is 0.458 e. The molecule has 5 heterocycles. The quantitative estimate of drug-likeness (QED) is 0.0599. The number of unbranched alkanes of at least 4 members (excludes halogenated alkanes) is 1. The molecule has 15 nitrogen and oxygen atoms in total. The highest BCUT2D eigenvalue weighted by molar-refractivity contribution is 8.77. The lowest BCUT2D eigenvalue weighted by atomic mass is 9.46. The van der Waals surface area contributed by atoms with Gasteiger partial charge in [0.2, 0.25) is 5.91 Å². The number of amides is 1. The molecule has 3 aliphatic carbocycles. The van der Waals surface area contributed by atoms with Crippen LogP contribution in [0.5, 0.6) is 0 Å². The lowest BCUT2D eigenvalue weighted by Crippen LogP contribution is -2.70. The van der Waals surface area contributed by atoms with E-state index in [1.165, 1.54) is 18.6 Å². The fourth-order valence-corrected chi connectivity index (χ4v) is 13.7. The maximum atomic E-state index is 13.2. The van der Waals surface area contributed by atoms with Crippen LogP contribution in [0.2, 0.25) is 0 Å². The number of carbonyl (C=O) groups excluding carboxylic acids is 3. The second-order valence-electron chi connectivity index (χ2n) is 17.1. The maximum Gasteiger partial charge on any atom is 0.508 e. The molecule has 8 rings (SSSR count). The summed E-state index contributed by atoms with van der Waals surface area (Å²) in [5, 5.41) is 3.68. The predicted octanol–water partition coefficient (Wildman–Crippen LogP) is 4.18. The van der Waals surface area contributed by atoms with E-state index in [9.17, 15) is 14.4 Å². The third-order valence-corrected chi connectivity index (χ3v) is 16.7. The van der Waals surface area contributed by atoms with E-state index < -0.39 is 29.1 Å². The maximum absolute atomic E-state index is 13.2. The van der Waals surface area contributed by atoms with Crippen LogP contribution in [-0.2, 0) is 61.7 Å². The van der Waals surface area contributed by atoms with Gasteiger partial charge >= 0.3 is 12.1 Å². The van der Waals surface area contributed by atoms with Gasteiger partial charge in [-0.05, 0) is 55.9 Å². The van der Waals surface area contributed by atoms with Crippen molar-refractivity contribution in [2.24, 2.45) is 17.3 Å². The Balaban J connectivity index is 0.638. The average Bonchev–Trinajstić information content (AvgIpc) is 4.15. The fraction of sp³-hybridized carbons (Fsp3) is 0.878. The van der Waals surface area contributed by atoms with Gasteiger partial charge in [-0.1, -0.05) is 48.8 Å². The lowest BCUT2D eigenvalue weighted by Gasteiger charge is -2.53. The first-order valence-electron chi connectivity index (χ1n) is 21.4. The van der Waals surface area contributed by atoms with Crippen molar-refractivity contribution in [3.8, 4) is 0 Å². The molecule has 2 spiro atoms. The van der Waals surface area contributed by atoms with Gasteiger partial charge in [-0.15, -0.1) is 0 Å². The minimum atomic E-state index is -0.825. The zero-order chi connectivity index (χ0) is 40.4. The molecular weight excluding hydrogens is 795 g/mol. The summed E-state index contributed by atoms with van der Waals surface area (Å²) in [4.78, 5) is 37.6.